The van der Waals surface area contributed by atoms with Crippen molar-refractivity contribution in [1.82, 2.24) is 0 Å². The van der Waals surface area contributed by atoms with Gasteiger partial charge in [0.05, 0.1) is 11.5 Å². The Morgan fingerprint density at radius 1 is 1.25 bits per heavy atom. The second-order valence-electron chi connectivity index (χ2n) is 4.01. The van der Waals surface area contributed by atoms with E-state index in [1.807, 2.05) is 0 Å². The summed E-state index contributed by atoms with van der Waals surface area (Å²) in [5.41, 5.74) is 0.548. The van der Waals surface area contributed by atoms with E-state index in [1.54, 1.807) is 24.3 Å². The molecule has 0 atom stereocenters. The predicted octanol–water partition coefficient (Wildman–Crippen LogP) is 2.69. The van der Waals surface area contributed by atoms with Gasteiger partial charge in [-0.2, -0.15) is 0 Å². The molecule has 0 heterocycles. The van der Waals surface area contributed by atoms with Gasteiger partial charge in [-0.3, -0.25) is 14.9 Å². The number of aldehydes is 1. The average Bonchev–Trinajstić information content (AvgIpc) is 2.47. The molecule has 2 rings (SSSR count). The summed E-state index contributed by atoms with van der Waals surface area (Å²) in [6.07, 6.45) is 0.531. The monoisotopic (exact) mass is 273 g/mol. The van der Waals surface area contributed by atoms with Crippen molar-refractivity contribution in [1.29, 1.82) is 0 Å². The van der Waals surface area contributed by atoms with Crippen molar-refractivity contribution in [2.75, 3.05) is 0 Å². The molecule has 0 unspecified atom stereocenters. The van der Waals surface area contributed by atoms with Gasteiger partial charge >= 0.3 is 5.69 Å². The molecule has 2 aromatic rings. The number of rotatable bonds is 5. The zero-order chi connectivity index (χ0) is 14.5. The van der Waals surface area contributed by atoms with Gasteiger partial charge in [-0.1, -0.05) is 12.1 Å². The Morgan fingerprint density at radius 3 is 2.70 bits per heavy atom. The molecular formula is C14H11NO5. The number of aliphatic hydroxyl groups is 1. The number of nitrogens with zero attached hydrogens (tertiary/aromatic N) is 1. The molecule has 0 amide bonds. The summed E-state index contributed by atoms with van der Waals surface area (Å²) >= 11 is 0. The maximum Gasteiger partial charge on any atom is 0.312 e. The zero-order valence-corrected chi connectivity index (χ0v) is 10.4. The van der Waals surface area contributed by atoms with Crippen molar-refractivity contribution >= 4 is 12.0 Å². The first-order valence-electron chi connectivity index (χ1n) is 5.75. The number of ether oxygens (including phenoxy) is 1. The summed E-state index contributed by atoms with van der Waals surface area (Å²) < 4.78 is 5.44. The van der Waals surface area contributed by atoms with Crippen LogP contribution in [-0.4, -0.2) is 16.3 Å². The van der Waals surface area contributed by atoms with Crippen LogP contribution in [0.2, 0.25) is 0 Å². The fourth-order valence-electron chi connectivity index (χ4n) is 1.67. The lowest BCUT2D eigenvalue weighted by molar-refractivity contribution is -0.385. The van der Waals surface area contributed by atoms with Crippen molar-refractivity contribution in [2.24, 2.45) is 0 Å². The largest absolute Gasteiger partial charge is 0.450 e. The minimum atomic E-state index is -0.613. The predicted molar refractivity (Wildman–Crippen MR) is 70.9 cm³/mol. The Kier molecular flexibility index (Phi) is 4.07. The molecule has 0 saturated carbocycles. The van der Waals surface area contributed by atoms with E-state index in [4.69, 9.17) is 9.84 Å². The molecule has 0 saturated heterocycles. The Bertz CT molecular complexity index is 654. The first-order chi connectivity index (χ1) is 9.63. The van der Waals surface area contributed by atoms with Gasteiger partial charge in [-0.05, 0) is 29.8 Å². The highest BCUT2D eigenvalue weighted by Crippen LogP contribution is 2.32. The summed E-state index contributed by atoms with van der Waals surface area (Å²) in [7, 11) is 0. The average molecular weight is 273 g/mol. The van der Waals surface area contributed by atoms with Crippen LogP contribution in [0.3, 0.4) is 0 Å². The third kappa shape index (κ3) is 2.99. The van der Waals surface area contributed by atoms with Gasteiger partial charge in [-0.25, -0.2) is 0 Å². The van der Waals surface area contributed by atoms with E-state index >= 15 is 0 Å². The fourth-order valence-corrected chi connectivity index (χ4v) is 1.67. The van der Waals surface area contributed by atoms with Gasteiger partial charge in [0.2, 0.25) is 5.75 Å². The van der Waals surface area contributed by atoms with E-state index in [0.717, 1.165) is 6.07 Å². The molecule has 0 bridgehead atoms. The Labute approximate surface area is 114 Å². The van der Waals surface area contributed by atoms with E-state index in [1.165, 1.54) is 12.1 Å². The van der Waals surface area contributed by atoms with Gasteiger partial charge in [0.1, 0.15) is 12.0 Å². The first-order valence-corrected chi connectivity index (χ1v) is 5.75. The summed E-state index contributed by atoms with van der Waals surface area (Å²) in [5, 5.41) is 20.0. The molecule has 0 aliphatic carbocycles. The first kappa shape index (κ1) is 13.7. The quantitative estimate of drug-likeness (QED) is 0.514. The Balaban J connectivity index is 2.37. The molecule has 6 nitrogen and oxygen atoms in total. The van der Waals surface area contributed by atoms with E-state index in [0.29, 0.717) is 17.6 Å². The molecule has 2 aromatic carbocycles. The van der Waals surface area contributed by atoms with E-state index in [2.05, 4.69) is 0 Å². The number of carbonyl (C=O) groups excluding carboxylic acids is 1. The van der Waals surface area contributed by atoms with Gasteiger partial charge in [0, 0.05) is 11.6 Å². The van der Waals surface area contributed by atoms with Crippen LogP contribution < -0.4 is 4.74 Å². The van der Waals surface area contributed by atoms with Crippen LogP contribution >= 0.6 is 0 Å². The zero-order valence-electron chi connectivity index (χ0n) is 10.4. The molecule has 0 spiro atoms. The molecule has 0 radical (unpaired) electrons. The normalized spacial score (nSPS) is 10.1. The third-order valence-corrected chi connectivity index (χ3v) is 2.62. The minimum Gasteiger partial charge on any atom is -0.450 e. The summed E-state index contributed by atoms with van der Waals surface area (Å²) in [6, 6.07) is 10.5. The highest BCUT2D eigenvalue weighted by molar-refractivity contribution is 5.77. The van der Waals surface area contributed by atoms with E-state index < -0.39 is 4.92 Å². The smallest absolute Gasteiger partial charge is 0.312 e. The standard InChI is InChI=1S/C14H11NO5/c16-8-10-2-1-3-12(6-10)20-14-5-4-11(9-17)7-13(14)15(18)19/h1-7,9,16H,8H2. The number of carbonyl (C=O) groups is 1. The highest BCUT2D eigenvalue weighted by Gasteiger charge is 2.16. The van der Waals surface area contributed by atoms with Crippen molar-refractivity contribution in [3.8, 4) is 11.5 Å². The summed E-state index contributed by atoms with van der Waals surface area (Å²) in [4.78, 5) is 21.0. The SMILES string of the molecule is O=Cc1ccc(Oc2cccc(CO)c2)c([N+](=O)[O-])c1. The molecular weight excluding hydrogens is 262 g/mol. The number of nitro benzene ring substituents is 1. The minimum absolute atomic E-state index is 0.0377. The second kappa shape index (κ2) is 5.94. The molecule has 20 heavy (non-hydrogen) atoms. The number of aliphatic hydroxyl groups excluding tert-OH is 1. The van der Waals surface area contributed by atoms with Gasteiger partial charge in [-0.15, -0.1) is 0 Å². The molecule has 0 fully saturated rings. The van der Waals surface area contributed by atoms with Crippen molar-refractivity contribution in [3.05, 3.63) is 63.7 Å². The Hall–Kier alpha value is -2.73. The third-order valence-electron chi connectivity index (χ3n) is 2.62. The highest BCUT2D eigenvalue weighted by atomic mass is 16.6. The topological polar surface area (TPSA) is 89.7 Å². The molecule has 1 N–H and O–H groups in total. The van der Waals surface area contributed by atoms with Crippen LogP contribution in [-0.2, 0) is 6.61 Å². The Morgan fingerprint density at radius 2 is 2.05 bits per heavy atom. The summed E-state index contributed by atoms with van der Waals surface area (Å²) in [6.45, 7) is -0.149. The van der Waals surface area contributed by atoms with Gasteiger partial charge in [0.25, 0.3) is 0 Å². The van der Waals surface area contributed by atoms with Crippen LogP contribution in [0.25, 0.3) is 0 Å². The van der Waals surface area contributed by atoms with E-state index in [9.17, 15) is 14.9 Å². The van der Waals surface area contributed by atoms with Crippen LogP contribution in [0.5, 0.6) is 11.5 Å². The van der Waals surface area contributed by atoms with E-state index in [-0.39, 0.29) is 23.6 Å². The van der Waals surface area contributed by atoms with Crippen molar-refractivity contribution in [3.63, 3.8) is 0 Å². The molecule has 0 aliphatic rings. The van der Waals surface area contributed by atoms with Crippen molar-refractivity contribution < 1.29 is 19.6 Å². The van der Waals surface area contributed by atoms with Crippen molar-refractivity contribution in [2.45, 2.75) is 6.61 Å². The maximum absolute atomic E-state index is 11.0. The van der Waals surface area contributed by atoms with Gasteiger partial charge in [0.15, 0.2) is 0 Å². The number of hydrogen-bond donors (Lipinski definition) is 1. The summed E-state index contributed by atoms with van der Waals surface area (Å²) in [5.74, 6) is 0.411. The molecule has 0 aromatic heterocycles. The van der Waals surface area contributed by atoms with Gasteiger partial charge < -0.3 is 9.84 Å². The second-order valence-corrected chi connectivity index (χ2v) is 4.01. The fraction of sp³-hybridized carbons (Fsp3) is 0.0714. The lowest BCUT2D eigenvalue weighted by atomic mass is 10.2. The maximum atomic E-state index is 11.0. The lowest BCUT2D eigenvalue weighted by Crippen LogP contribution is -1.95. The number of hydrogen-bond acceptors (Lipinski definition) is 5. The van der Waals surface area contributed by atoms with Crippen LogP contribution in [0.4, 0.5) is 5.69 Å². The lowest BCUT2D eigenvalue weighted by Gasteiger charge is -2.07. The number of benzene rings is 2. The van der Waals surface area contributed by atoms with Crippen LogP contribution in [0, 0.1) is 10.1 Å². The molecule has 6 heteroatoms. The molecule has 0 aliphatic heterocycles. The van der Waals surface area contributed by atoms with Crippen LogP contribution in [0.15, 0.2) is 42.5 Å². The number of nitro groups is 1. The molecule has 102 valence electrons. The van der Waals surface area contributed by atoms with Crippen LogP contribution in [0.1, 0.15) is 15.9 Å².